The molecule has 25 heavy (non-hydrogen) atoms. The number of esters is 1. The van der Waals surface area contributed by atoms with Gasteiger partial charge in [0, 0.05) is 26.2 Å². The van der Waals surface area contributed by atoms with Crippen molar-refractivity contribution in [1.82, 2.24) is 16.0 Å². The Bertz CT molecular complexity index is 572. The molecule has 0 saturated heterocycles. The molecular formula is C17H25N3O5. The van der Waals surface area contributed by atoms with Crippen LogP contribution in [0.1, 0.15) is 29.8 Å². The van der Waals surface area contributed by atoms with E-state index in [0.29, 0.717) is 25.3 Å². The fourth-order valence-corrected chi connectivity index (χ4v) is 1.81. The molecule has 0 aliphatic carbocycles. The molecule has 0 aliphatic rings. The third-order valence-electron chi connectivity index (χ3n) is 3.03. The van der Waals surface area contributed by atoms with E-state index in [-0.39, 0.29) is 24.6 Å². The molecule has 0 aliphatic heterocycles. The van der Waals surface area contributed by atoms with Crippen molar-refractivity contribution in [3.05, 3.63) is 35.4 Å². The average molecular weight is 351 g/mol. The highest BCUT2D eigenvalue weighted by atomic mass is 16.5. The minimum Gasteiger partial charge on any atom is -0.452 e. The minimum atomic E-state index is -0.584. The monoisotopic (exact) mass is 351 g/mol. The number of carbonyl (C=O) groups excluding carboxylic acids is 3. The first-order chi connectivity index (χ1) is 11.9. The SMILES string of the molecule is COCCNC(=O)COC(=O)c1ccc(CNC(=O)NC(C)C)cc1. The maximum absolute atomic E-state index is 11.9. The highest BCUT2D eigenvalue weighted by Gasteiger charge is 2.10. The molecule has 0 bridgehead atoms. The van der Waals surface area contributed by atoms with Crippen LogP contribution in [0, 0.1) is 0 Å². The Morgan fingerprint density at radius 3 is 2.36 bits per heavy atom. The number of hydrogen-bond donors (Lipinski definition) is 3. The average Bonchev–Trinajstić information content (AvgIpc) is 2.58. The summed E-state index contributed by atoms with van der Waals surface area (Å²) < 4.78 is 9.73. The number of methoxy groups -OCH3 is 1. The predicted octanol–water partition coefficient (Wildman–Crippen LogP) is 0.814. The van der Waals surface area contributed by atoms with E-state index in [4.69, 9.17) is 9.47 Å². The molecule has 0 radical (unpaired) electrons. The number of hydrogen-bond acceptors (Lipinski definition) is 5. The van der Waals surface area contributed by atoms with E-state index >= 15 is 0 Å². The van der Waals surface area contributed by atoms with E-state index in [1.807, 2.05) is 13.8 Å². The molecule has 8 nitrogen and oxygen atoms in total. The Labute approximate surface area is 147 Å². The number of ether oxygens (including phenoxy) is 2. The summed E-state index contributed by atoms with van der Waals surface area (Å²) in [6.07, 6.45) is 0. The summed E-state index contributed by atoms with van der Waals surface area (Å²) in [5, 5.41) is 7.99. The second-order valence-corrected chi connectivity index (χ2v) is 5.60. The quantitative estimate of drug-likeness (QED) is 0.451. The number of urea groups is 1. The van der Waals surface area contributed by atoms with Gasteiger partial charge < -0.3 is 25.4 Å². The van der Waals surface area contributed by atoms with Crippen molar-refractivity contribution in [3.63, 3.8) is 0 Å². The van der Waals surface area contributed by atoms with Gasteiger partial charge in [0.1, 0.15) is 0 Å². The van der Waals surface area contributed by atoms with Crippen molar-refractivity contribution in [2.45, 2.75) is 26.4 Å². The van der Waals surface area contributed by atoms with Crippen LogP contribution in [0.3, 0.4) is 0 Å². The lowest BCUT2D eigenvalue weighted by molar-refractivity contribution is -0.124. The zero-order chi connectivity index (χ0) is 18.7. The van der Waals surface area contributed by atoms with E-state index < -0.39 is 5.97 Å². The van der Waals surface area contributed by atoms with Crippen molar-refractivity contribution >= 4 is 17.9 Å². The van der Waals surface area contributed by atoms with Gasteiger partial charge in [-0.3, -0.25) is 4.79 Å². The van der Waals surface area contributed by atoms with Gasteiger partial charge in [-0.1, -0.05) is 12.1 Å². The Kier molecular flexibility index (Phi) is 9.02. The smallest absolute Gasteiger partial charge is 0.338 e. The summed E-state index contributed by atoms with van der Waals surface area (Å²) in [7, 11) is 1.53. The first kappa shape index (κ1) is 20.4. The molecule has 3 amide bonds. The van der Waals surface area contributed by atoms with Gasteiger partial charge in [-0.15, -0.1) is 0 Å². The molecule has 1 aromatic carbocycles. The lowest BCUT2D eigenvalue weighted by Gasteiger charge is -2.10. The molecule has 138 valence electrons. The van der Waals surface area contributed by atoms with Crippen LogP contribution in [0.4, 0.5) is 4.79 Å². The fourth-order valence-electron chi connectivity index (χ4n) is 1.81. The van der Waals surface area contributed by atoms with E-state index in [2.05, 4.69) is 16.0 Å². The number of benzene rings is 1. The summed E-state index contributed by atoms with van der Waals surface area (Å²) in [5.74, 6) is -0.971. The minimum absolute atomic E-state index is 0.0591. The number of carbonyl (C=O) groups is 3. The van der Waals surface area contributed by atoms with Gasteiger partial charge in [-0.05, 0) is 31.5 Å². The Morgan fingerprint density at radius 2 is 1.76 bits per heavy atom. The zero-order valence-electron chi connectivity index (χ0n) is 14.8. The number of rotatable bonds is 9. The molecule has 0 fully saturated rings. The molecule has 3 N–H and O–H groups in total. The van der Waals surface area contributed by atoms with Crippen molar-refractivity contribution in [2.75, 3.05) is 26.9 Å². The topological polar surface area (TPSA) is 106 Å². The van der Waals surface area contributed by atoms with E-state index in [1.165, 1.54) is 7.11 Å². The summed E-state index contributed by atoms with van der Waals surface area (Å²) in [5.41, 5.74) is 1.17. The summed E-state index contributed by atoms with van der Waals surface area (Å²) in [6.45, 7) is 4.50. The van der Waals surface area contributed by atoms with Crippen LogP contribution in [0.5, 0.6) is 0 Å². The van der Waals surface area contributed by atoms with Gasteiger partial charge in [0.2, 0.25) is 0 Å². The molecule has 0 saturated carbocycles. The van der Waals surface area contributed by atoms with Gasteiger partial charge >= 0.3 is 12.0 Å². The molecule has 0 unspecified atom stereocenters. The molecule has 0 heterocycles. The van der Waals surface area contributed by atoms with Gasteiger partial charge in [0.15, 0.2) is 6.61 Å². The second kappa shape index (κ2) is 11.0. The maximum Gasteiger partial charge on any atom is 0.338 e. The normalized spacial score (nSPS) is 10.2. The van der Waals surface area contributed by atoms with Crippen LogP contribution in [-0.4, -0.2) is 50.8 Å². The van der Waals surface area contributed by atoms with Crippen molar-refractivity contribution in [1.29, 1.82) is 0 Å². The molecule has 0 aromatic heterocycles. The first-order valence-electron chi connectivity index (χ1n) is 7.98. The van der Waals surface area contributed by atoms with Crippen LogP contribution < -0.4 is 16.0 Å². The Morgan fingerprint density at radius 1 is 1.08 bits per heavy atom. The van der Waals surface area contributed by atoms with E-state index in [1.54, 1.807) is 24.3 Å². The largest absolute Gasteiger partial charge is 0.452 e. The number of amides is 3. The Balaban J connectivity index is 2.38. The van der Waals surface area contributed by atoms with Gasteiger partial charge in [0.25, 0.3) is 5.91 Å². The molecule has 0 atom stereocenters. The predicted molar refractivity (Wildman–Crippen MR) is 92.1 cm³/mol. The first-order valence-corrected chi connectivity index (χ1v) is 7.98. The van der Waals surface area contributed by atoms with Crippen LogP contribution in [0.2, 0.25) is 0 Å². The lowest BCUT2D eigenvalue weighted by Crippen LogP contribution is -2.39. The zero-order valence-corrected chi connectivity index (χ0v) is 14.8. The van der Waals surface area contributed by atoms with Gasteiger partial charge in [-0.2, -0.15) is 0 Å². The highest BCUT2D eigenvalue weighted by Crippen LogP contribution is 2.06. The molecule has 1 rings (SSSR count). The van der Waals surface area contributed by atoms with Gasteiger partial charge in [-0.25, -0.2) is 9.59 Å². The summed E-state index contributed by atoms with van der Waals surface area (Å²) in [6, 6.07) is 6.41. The van der Waals surface area contributed by atoms with Crippen molar-refractivity contribution < 1.29 is 23.9 Å². The van der Waals surface area contributed by atoms with Crippen LogP contribution in [-0.2, 0) is 20.8 Å². The maximum atomic E-state index is 11.9. The van der Waals surface area contributed by atoms with Crippen LogP contribution >= 0.6 is 0 Å². The van der Waals surface area contributed by atoms with Crippen LogP contribution in [0.15, 0.2) is 24.3 Å². The van der Waals surface area contributed by atoms with E-state index in [0.717, 1.165) is 5.56 Å². The van der Waals surface area contributed by atoms with Crippen molar-refractivity contribution in [3.8, 4) is 0 Å². The molecule has 8 heteroatoms. The van der Waals surface area contributed by atoms with Gasteiger partial charge in [0.05, 0.1) is 12.2 Å². The highest BCUT2D eigenvalue weighted by molar-refractivity contribution is 5.91. The van der Waals surface area contributed by atoms with Crippen LogP contribution in [0.25, 0.3) is 0 Å². The molecule has 1 aromatic rings. The fraction of sp³-hybridized carbons (Fsp3) is 0.471. The molecule has 0 spiro atoms. The third-order valence-corrected chi connectivity index (χ3v) is 3.03. The number of nitrogens with one attached hydrogen (secondary N) is 3. The van der Waals surface area contributed by atoms with E-state index in [9.17, 15) is 14.4 Å². The standard InChI is InChI=1S/C17H25N3O5/c1-12(2)20-17(23)19-10-13-4-6-14(7-5-13)16(22)25-11-15(21)18-8-9-24-3/h4-7,12H,8-11H2,1-3H3,(H,18,21)(H2,19,20,23). The third kappa shape index (κ3) is 8.71. The second-order valence-electron chi connectivity index (χ2n) is 5.60. The lowest BCUT2D eigenvalue weighted by atomic mass is 10.1. The summed E-state index contributed by atoms with van der Waals surface area (Å²) >= 11 is 0. The summed E-state index contributed by atoms with van der Waals surface area (Å²) in [4.78, 5) is 34.8. The molecular weight excluding hydrogens is 326 g/mol. The van der Waals surface area contributed by atoms with Crippen molar-refractivity contribution in [2.24, 2.45) is 0 Å². The Hall–Kier alpha value is -2.61.